The molecule has 0 saturated carbocycles. The summed E-state index contributed by atoms with van der Waals surface area (Å²) in [7, 11) is 0. The molecule has 2 aromatic heterocycles. The molecule has 0 aliphatic rings. The second-order valence-electron chi connectivity index (χ2n) is 13.9. The van der Waals surface area contributed by atoms with Crippen molar-refractivity contribution in [3.05, 3.63) is 37.4 Å². The Morgan fingerprint density at radius 1 is 0.489 bits per heavy atom. The van der Waals surface area contributed by atoms with Crippen LogP contribution in [-0.2, 0) is 35.7 Å². The van der Waals surface area contributed by atoms with Crippen LogP contribution in [0.4, 0.5) is 0 Å². The van der Waals surface area contributed by atoms with Crippen molar-refractivity contribution >= 4 is 0 Å². The van der Waals surface area contributed by atoms with Gasteiger partial charge in [0.05, 0.1) is 26.3 Å². The third kappa shape index (κ3) is 23.3. The Morgan fingerprint density at radius 2 is 0.830 bits per heavy atom. The summed E-state index contributed by atoms with van der Waals surface area (Å²) in [6.45, 7) is 9.72. The van der Waals surface area contributed by atoms with Gasteiger partial charge < -0.3 is 19.7 Å². The molecular weight excluding hydrogens is 588 g/mol. The van der Waals surface area contributed by atoms with E-state index in [4.69, 9.17) is 9.47 Å². The van der Waals surface area contributed by atoms with Gasteiger partial charge in [-0.1, -0.05) is 129 Å². The van der Waals surface area contributed by atoms with Gasteiger partial charge in [-0.3, -0.25) is 0 Å². The monoisotopic (exact) mass is 663 g/mol. The quantitative estimate of drug-likeness (QED) is 0.0600. The third-order valence-electron chi connectivity index (χ3n) is 9.07. The van der Waals surface area contributed by atoms with Crippen LogP contribution in [0.5, 0.6) is 0 Å². The van der Waals surface area contributed by atoms with Gasteiger partial charge in [0.2, 0.25) is 12.7 Å². The molecule has 2 aromatic rings. The lowest BCUT2D eigenvalue weighted by Gasteiger charge is -2.09. The second kappa shape index (κ2) is 29.2. The number of imidazole rings is 2. The molecule has 0 aliphatic carbocycles. The highest BCUT2D eigenvalue weighted by molar-refractivity contribution is 4.70. The number of ether oxygens (including phenoxy) is 2. The van der Waals surface area contributed by atoms with E-state index < -0.39 is 12.2 Å². The highest BCUT2D eigenvalue weighted by atomic mass is 16.5. The SMILES string of the molecule is CCCCCCCCCCCCOCC(O)C[n+]1ccn(CCCn2cc[n+](CC(O)COCCCCCCCCCCCC)c2)c1. The smallest absolute Gasteiger partial charge is 0.243 e. The normalized spacial score (nSPS) is 13.0. The Kier molecular flexibility index (Phi) is 25.7. The summed E-state index contributed by atoms with van der Waals surface area (Å²) in [5.74, 6) is 0. The molecule has 0 spiro atoms. The van der Waals surface area contributed by atoms with Gasteiger partial charge in [0, 0.05) is 19.6 Å². The van der Waals surface area contributed by atoms with Crippen molar-refractivity contribution in [3.8, 4) is 0 Å². The number of aliphatic hydroxyl groups is 2. The van der Waals surface area contributed by atoms with Crippen molar-refractivity contribution in [2.24, 2.45) is 0 Å². The fourth-order valence-electron chi connectivity index (χ4n) is 6.21. The molecule has 0 amide bonds. The van der Waals surface area contributed by atoms with Gasteiger partial charge in [-0.05, 0) is 12.8 Å². The fraction of sp³-hybridized carbons (Fsp3) is 0.846. The molecule has 0 radical (unpaired) electrons. The van der Waals surface area contributed by atoms with Gasteiger partial charge in [-0.2, -0.15) is 0 Å². The maximum absolute atomic E-state index is 10.4. The predicted octanol–water partition coefficient (Wildman–Crippen LogP) is 7.55. The molecule has 8 nitrogen and oxygen atoms in total. The molecule has 2 unspecified atom stereocenters. The molecular formula is C39H74N4O4+2. The minimum absolute atomic E-state index is 0.392. The zero-order chi connectivity index (χ0) is 33.6. The van der Waals surface area contributed by atoms with Crippen LogP contribution in [0.3, 0.4) is 0 Å². The molecule has 0 bridgehead atoms. The van der Waals surface area contributed by atoms with Gasteiger partial charge in [-0.25, -0.2) is 18.3 Å². The molecule has 0 saturated heterocycles. The topological polar surface area (TPSA) is 76.5 Å². The first kappa shape index (κ1) is 41.4. The van der Waals surface area contributed by atoms with Crippen LogP contribution in [0, 0.1) is 0 Å². The summed E-state index contributed by atoms with van der Waals surface area (Å²) in [5, 5.41) is 20.8. The third-order valence-corrected chi connectivity index (χ3v) is 9.07. The average Bonchev–Trinajstić information content (AvgIpc) is 3.71. The van der Waals surface area contributed by atoms with E-state index in [1.54, 1.807) is 0 Å². The Balaban J connectivity index is 1.44. The lowest BCUT2D eigenvalue weighted by atomic mass is 10.1. The summed E-state index contributed by atoms with van der Waals surface area (Å²) < 4.78 is 19.9. The molecule has 0 fully saturated rings. The molecule has 2 heterocycles. The van der Waals surface area contributed by atoms with Crippen molar-refractivity contribution in [2.75, 3.05) is 26.4 Å². The molecule has 0 aromatic carbocycles. The van der Waals surface area contributed by atoms with Crippen molar-refractivity contribution in [1.29, 1.82) is 0 Å². The first-order valence-corrected chi connectivity index (χ1v) is 19.7. The number of hydrogen-bond donors (Lipinski definition) is 2. The highest BCUT2D eigenvalue weighted by Crippen LogP contribution is 2.11. The predicted molar refractivity (Wildman–Crippen MR) is 191 cm³/mol. The largest absolute Gasteiger partial charge is 0.387 e. The van der Waals surface area contributed by atoms with Crippen molar-refractivity contribution in [2.45, 2.75) is 187 Å². The number of nitrogens with zero attached hydrogens (tertiary/aromatic N) is 4. The van der Waals surface area contributed by atoms with Crippen LogP contribution in [0.15, 0.2) is 37.4 Å². The Morgan fingerprint density at radius 3 is 1.19 bits per heavy atom. The Labute approximate surface area is 288 Å². The Hall–Kier alpha value is -1.74. The highest BCUT2D eigenvalue weighted by Gasteiger charge is 2.13. The first-order valence-electron chi connectivity index (χ1n) is 19.7. The number of unbranched alkanes of at least 4 members (excludes halogenated alkanes) is 18. The van der Waals surface area contributed by atoms with Gasteiger partial charge in [0.1, 0.15) is 50.1 Å². The molecule has 0 aliphatic heterocycles. The maximum Gasteiger partial charge on any atom is 0.243 e. The van der Waals surface area contributed by atoms with E-state index in [1.165, 1.54) is 116 Å². The van der Waals surface area contributed by atoms with Crippen molar-refractivity contribution in [3.63, 3.8) is 0 Å². The van der Waals surface area contributed by atoms with Crippen LogP contribution < -0.4 is 9.13 Å². The average molecular weight is 663 g/mol. The van der Waals surface area contributed by atoms with E-state index in [0.717, 1.165) is 45.6 Å². The van der Waals surface area contributed by atoms with E-state index in [2.05, 4.69) is 48.0 Å². The number of aryl methyl sites for hydroxylation is 2. The van der Waals surface area contributed by atoms with Gasteiger partial charge in [-0.15, -0.1) is 0 Å². The zero-order valence-electron chi connectivity index (χ0n) is 30.6. The fourth-order valence-corrected chi connectivity index (χ4v) is 6.21. The number of hydrogen-bond acceptors (Lipinski definition) is 4. The molecule has 8 heteroatoms. The summed E-state index contributed by atoms with van der Waals surface area (Å²) in [6.07, 6.45) is 38.7. The lowest BCUT2D eigenvalue weighted by Crippen LogP contribution is -2.40. The van der Waals surface area contributed by atoms with E-state index in [9.17, 15) is 10.2 Å². The number of aliphatic hydroxyl groups excluding tert-OH is 2. The summed E-state index contributed by atoms with van der Waals surface area (Å²) in [6, 6.07) is 0. The van der Waals surface area contributed by atoms with Crippen LogP contribution >= 0.6 is 0 Å². The standard InChI is InChI=1S/C39H74N4O4/c1-3-5-7-9-11-13-15-17-19-21-30-46-34-38(44)32-42-28-26-40(36-42)24-23-25-41-27-29-43(37-41)33-39(45)35-47-31-22-20-18-16-14-12-10-8-6-4-2/h26-29,36-39,44-45H,3-25,30-35H2,1-2H3/q+2. The van der Waals surface area contributed by atoms with Crippen LogP contribution in [0.2, 0.25) is 0 Å². The van der Waals surface area contributed by atoms with Crippen LogP contribution in [0.1, 0.15) is 149 Å². The summed E-state index contributed by atoms with van der Waals surface area (Å²) in [4.78, 5) is 0. The second-order valence-corrected chi connectivity index (χ2v) is 13.9. The molecule has 2 atom stereocenters. The van der Waals surface area contributed by atoms with E-state index in [-0.39, 0.29) is 0 Å². The van der Waals surface area contributed by atoms with E-state index in [1.807, 2.05) is 21.5 Å². The zero-order valence-corrected chi connectivity index (χ0v) is 30.6. The molecule has 272 valence electrons. The van der Waals surface area contributed by atoms with Crippen LogP contribution in [-0.4, -0.2) is 58.0 Å². The van der Waals surface area contributed by atoms with Gasteiger partial charge in [0.15, 0.2) is 0 Å². The number of aromatic nitrogens is 4. The van der Waals surface area contributed by atoms with E-state index >= 15 is 0 Å². The number of rotatable bonds is 34. The first-order chi connectivity index (χ1) is 23.1. The molecule has 47 heavy (non-hydrogen) atoms. The summed E-state index contributed by atoms with van der Waals surface area (Å²) >= 11 is 0. The Bertz CT molecular complexity index is 875. The summed E-state index contributed by atoms with van der Waals surface area (Å²) in [5.41, 5.74) is 0. The minimum atomic E-state index is -0.491. The van der Waals surface area contributed by atoms with Crippen molar-refractivity contribution < 1.29 is 28.8 Å². The van der Waals surface area contributed by atoms with Gasteiger partial charge >= 0.3 is 0 Å². The minimum Gasteiger partial charge on any atom is -0.387 e. The molecule has 2 rings (SSSR count). The van der Waals surface area contributed by atoms with Crippen LogP contribution in [0.25, 0.3) is 0 Å². The molecule has 2 N–H and O–H groups in total. The maximum atomic E-state index is 10.4. The van der Waals surface area contributed by atoms with Gasteiger partial charge in [0.25, 0.3) is 0 Å². The lowest BCUT2D eigenvalue weighted by molar-refractivity contribution is -0.703. The van der Waals surface area contributed by atoms with E-state index in [0.29, 0.717) is 26.3 Å². The van der Waals surface area contributed by atoms with Crippen molar-refractivity contribution in [1.82, 2.24) is 9.13 Å².